The van der Waals surface area contributed by atoms with Crippen LogP contribution in [0.4, 0.5) is 5.69 Å². The zero-order valence-corrected chi connectivity index (χ0v) is 17.8. The Bertz CT molecular complexity index is 1250. The first kappa shape index (κ1) is 19.6. The van der Waals surface area contributed by atoms with Crippen LogP contribution in [-0.2, 0) is 4.79 Å². The number of oxazole rings is 1. The van der Waals surface area contributed by atoms with Crippen LogP contribution >= 0.6 is 39.1 Å². The molecule has 0 atom stereocenters. The summed E-state index contributed by atoms with van der Waals surface area (Å²) in [6.45, 7) is 0. The van der Waals surface area contributed by atoms with Crippen LogP contribution in [0.25, 0.3) is 28.6 Å². The summed E-state index contributed by atoms with van der Waals surface area (Å²) in [6, 6.07) is 12.2. The van der Waals surface area contributed by atoms with Crippen molar-refractivity contribution in [2.24, 2.45) is 0 Å². The molecule has 0 saturated carbocycles. The molecule has 0 radical (unpaired) electrons. The highest BCUT2D eigenvalue weighted by Gasteiger charge is 2.10. The lowest BCUT2D eigenvalue weighted by molar-refractivity contribution is -0.111. The molecular formula is C21H12BrCl2N3O2. The number of pyridine rings is 1. The summed E-state index contributed by atoms with van der Waals surface area (Å²) < 4.78 is 6.60. The smallest absolute Gasteiger partial charge is 0.248 e. The van der Waals surface area contributed by atoms with E-state index in [0.717, 1.165) is 10.0 Å². The Balaban J connectivity index is 1.52. The Morgan fingerprint density at radius 2 is 1.97 bits per heavy atom. The van der Waals surface area contributed by atoms with E-state index >= 15 is 0 Å². The lowest BCUT2D eigenvalue weighted by atomic mass is 10.2. The van der Waals surface area contributed by atoms with Crippen LogP contribution in [0.15, 0.2) is 69.8 Å². The molecule has 1 N–H and O–H groups in total. The summed E-state index contributed by atoms with van der Waals surface area (Å²) in [5, 5.41) is 3.81. The third kappa shape index (κ3) is 4.67. The highest BCUT2D eigenvalue weighted by atomic mass is 79.9. The van der Waals surface area contributed by atoms with Crippen molar-refractivity contribution in [2.45, 2.75) is 0 Å². The number of carbonyl (C=O) groups is 1. The monoisotopic (exact) mass is 487 g/mol. The fourth-order valence-electron chi connectivity index (χ4n) is 2.64. The largest absolute Gasteiger partial charge is 0.436 e. The predicted octanol–water partition coefficient (Wildman–Crippen LogP) is 6.61. The molecule has 0 fully saturated rings. The summed E-state index contributed by atoms with van der Waals surface area (Å²) in [7, 11) is 0. The maximum atomic E-state index is 12.2. The first-order valence-electron chi connectivity index (χ1n) is 8.43. The average Bonchev–Trinajstić information content (AvgIpc) is 3.11. The molecule has 0 aliphatic heterocycles. The predicted molar refractivity (Wildman–Crippen MR) is 119 cm³/mol. The maximum Gasteiger partial charge on any atom is 0.248 e. The Morgan fingerprint density at radius 1 is 1.10 bits per heavy atom. The van der Waals surface area contributed by atoms with Crippen molar-refractivity contribution in [1.29, 1.82) is 0 Å². The van der Waals surface area contributed by atoms with E-state index in [9.17, 15) is 4.79 Å². The topological polar surface area (TPSA) is 68.0 Å². The second kappa shape index (κ2) is 8.37. The van der Waals surface area contributed by atoms with Crippen molar-refractivity contribution >= 4 is 67.9 Å². The van der Waals surface area contributed by atoms with Crippen LogP contribution < -0.4 is 5.32 Å². The number of fused-ring (bicyclic) bond motifs is 1. The highest BCUT2D eigenvalue weighted by Crippen LogP contribution is 2.27. The molecule has 5 nitrogen and oxygen atoms in total. The second-order valence-corrected chi connectivity index (χ2v) is 7.84. The molecule has 1 amide bonds. The van der Waals surface area contributed by atoms with Crippen LogP contribution in [0.3, 0.4) is 0 Å². The van der Waals surface area contributed by atoms with Gasteiger partial charge in [0.15, 0.2) is 5.58 Å². The van der Waals surface area contributed by atoms with Crippen molar-refractivity contribution in [3.05, 3.63) is 81.0 Å². The number of nitrogens with one attached hydrogen (secondary N) is 1. The molecule has 2 heterocycles. The Kier molecular flexibility index (Phi) is 5.67. The first-order valence-corrected chi connectivity index (χ1v) is 9.98. The standard InChI is InChI=1S/C21H12BrCl2N3O2/c22-14-7-13(10-25-11-14)21-27-18-9-16(4-5-19(18)29-21)26-20(28)6-2-12-1-3-15(23)8-17(12)24/h1-11H,(H,26,28). The number of hydrogen-bond acceptors (Lipinski definition) is 4. The van der Waals surface area contributed by atoms with Gasteiger partial charge in [0.1, 0.15) is 5.52 Å². The molecular weight excluding hydrogens is 477 g/mol. The average molecular weight is 489 g/mol. The van der Waals surface area contributed by atoms with Gasteiger partial charge in [-0.1, -0.05) is 29.3 Å². The van der Waals surface area contributed by atoms with E-state index in [2.05, 4.69) is 31.2 Å². The summed E-state index contributed by atoms with van der Waals surface area (Å²) in [6.07, 6.45) is 6.39. The van der Waals surface area contributed by atoms with Gasteiger partial charge in [0.2, 0.25) is 11.8 Å². The van der Waals surface area contributed by atoms with Crippen LogP contribution in [0.5, 0.6) is 0 Å². The fourth-order valence-corrected chi connectivity index (χ4v) is 3.48. The number of rotatable bonds is 4. The maximum absolute atomic E-state index is 12.2. The summed E-state index contributed by atoms with van der Waals surface area (Å²) in [5.74, 6) is 0.157. The second-order valence-electron chi connectivity index (χ2n) is 6.08. The van der Waals surface area contributed by atoms with Gasteiger partial charge in [0.05, 0.1) is 5.56 Å². The fraction of sp³-hybridized carbons (Fsp3) is 0. The molecule has 29 heavy (non-hydrogen) atoms. The SMILES string of the molecule is O=C(C=Cc1ccc(Cl)cc1Cl)Nc1ccc2oc(-c3cncc(Br)c3)nc2c1. The molecule has 0 spiro atoms. The third-order valence-electron chi connectivity index (χ3n) is 3.98. The third-order valence-corrected chi connectivity index (χ3v) is 4.98. The van der Waals surface area contributed by atoms with Gasteiger partial charge in [0.25, 0.3) is 0 Å². The van der Waals surface area contributed by atoms with Gasteiger partial charge in [0, 0.05) is 38.7 Å². The zero-order valence-electron chi connectivity index (χ0n) is 14.7. The number of halogens is 3. The van der Waals surface area contributed by atoms with Crippen molar-refractivity contribution in [3.8, 4) is 11.5 Å². The quantitative estimate of drug-likeness (QED) is 0.328. The molecule has 0 aliphatic rings. The number of benzene rings is 2. The molecule has 4 rings (SSSR count). The lowest BCUT2D eigenvalue weighted by Crippen LogP contribution is -2.07. The van der Waals surface area contributed by atoms with E-state index in [1.54, 1.807) is 54.9 Å². The van der Waals surface area contributed by atoms with Gasteiger partial charge < -0.3 is 9.73 Å². The number of carbonyl (C=O) groups excluding carboxylic acids is 1. The van der Waals surface area contributed by atoms with Crippen LogP contribution in [0.1, 0.15) is 5.56 Å². The molecule has 0 bridgehead atoms. The van der Waals surface area contributed by atoms with Crippen LogP contribution in [0.2, 0.25) is 10.0 Å². The lowest BCUT2D eigenvalue weighted by Gasteiger charge is -2.02. The number of aromatic nitrogens is 2. The highest BCUT2D eigenvalue weighted by molar-refractivity contribution is 9.10. The van der Waals surface area contributed by atoms with Crippen LogP contribution in [0, 0.1) is 0 Å². The number of anilines is 1. The minimum Gasteiger partial charge on any atom is -0.436 e. The van der Waals surface area contributed by atoms with Crippen molar-refractivity contribution in [3.63, 3.8) is 0 Å². The molecule has 0 saturated heterocycles. The van der Waals surface area contributed by atoms with E-state index in [1.807, 2.05) is 6.07 Å². The first-order chi connectivity index (χ1) is 14.0. The van der Waals surface area contributed by atoms with Gasteiger partial charge in [-0.3, -0.25) is 9.78 Å². The molecule has 4 aromatic rings. The zero-order chi connectivity index (χ0) is 20.4. The molecule has 8 heteroatoms. The number of hydrogen-bond donors (Lipinski definition) is 1. The number of amides is 1. The van der Waals surface area contributed by atoms with Gasteiger partial charge in [-0.25, -0.2) is 4.98 Å². The Morgan fingerprint density at radius 3 is 2.76 bits per heavy atom. The Hall–Kier alpha value is -2.67. The van der Waals surface area contributed by atoms with Crippen molar-refractivity contribution < 1.29 is 9.21 Å². The minimum atomic E-state index is -0.296. The van der Waals surface area contributed by atoms with Gasteiger partial charge in [-0.05, 0) is 64.0 Å². The van der Waals surface area contributed by atoms with E-state index in [4.69, 9.17) is 27.6 Å². The van der Waals surface area contributed by atoms with Crippen LogP contribution in [-0.4, -0.2) is 15.9 Å². The minimum absolute atomic E-state index is 0.296. The van der Waals surface area contributed by atoms with E-state index in [-0.39, 0.29) is 5.91 Å². The molecule has 144 valence electrons. The van der Waals surface area contributed by atoms with Crippen molar-refractivity contribution in [1.82, 2.24) is 9.97 Å². The summed E-state index contributed by atoms with van der Waals surface area (Å²) in [5.41, 5.74) is 3.29. The van der Waals surface area contributed by atoms with E-state index in [1.165, 1.54) is 6.08 Å². The molecule has 0 unspecified atom stereocenters. The van der Waals surface area contributed by atoms with E-state index in [0.29, 0.717) is 38.3 Å². The Labute approximate surface area is 184 Å². The summed E-state index contributed by atoms with van der Waals surface area (Å²) in [4.78, 5) is 20.8. The molecule has 0 aliphatic carbocycles. The van der Waals surface area contributed by atoms with Gasteiger partial charge in [-0.2, -0.15) is 0 Å². The molecule has 2 aromatic carbocycles. The van der Waals surface area contributed by atoms with Gasteiger partial charge in [-0.15, -0.1) is 0 Å². The number of nitrogens with zero attached hydrogens (tertiary/aromatic N) is 2. The normalized spacial score (nSPS) is 11.3. The summed E-state index contributed by atoms with van der Waals surface area (Å²) >= 11 is 15.4. The van der Waals surface area contributed by atoms with E-state index < -0.39 is 0 Å². The van der Waals surface area contributed by atoms with Gasteiger partial charge >= 0.3 is 0 Å². The molecule has 2 aromatic heterocycles. The van der Waals surface area contributed by atoms with Crippen molar-refractivity contribution in [2.75, 3.05) is 5.32 Å².